The first kappa shape index (κ1) is 12.0. The van der Waals surface area contributed by atoms with E-state index in [4.69, 9.17) is 4.42 Å². The van der Waals surface area contributed by atoms with E-state index in [9.17, 15) is 0 Å². The molecule has 0 radical (unpaired) electrons. The Balaban J connectivity index is 1.84. The number of fused-ring (bicyclic) bond motifs is 1. The summed E-state index contributed by atoms with van der Waals surface area (Å²) in [5.74, 6) is 0. The summed E-state index contributed by atoms with van der Waals surface area (Å²) in [6.07, 6.45) is 4.92. The Bertz CT molecular complexity index is 492. The molecule has 4 heteroatoms. The van der Waals surface area contributed by atoms with Crippen LogP contribution in [-0.2, 0) is 0 Å². The van der Waals surface area contributed by atoms with Gasteiger partial charge in [0.1, 0.15) is 5.52 Å². The van der Waals surface area contributed by atoms with Crippen LogP contribution in [-0.4, -0.2) is 22.9 Å². The van der Waals surface area contributed by atoms with Crippen LogP contribution in [0.25, 0.3) is 11.1 Å². The number of halogens is 1. The normalized spacial score (nSPS) is 19.8. The smallest absolute Gasteiger partial charge is 0.298 e. The van der Waals surface area contributed by atoms with Crippen LogP contribution in [0.4, 0.5) is 6.01 Å². The molecule has 1 atom stereocenters. The number of rotatable bonds is 4. The molecule has 0 spiro atoms. The van der Waals surface area contributed by atoms with E-state index in [1.807, 2.05) is 24.3 Å². The van der Waals surface area contributed by atoms with Gasteiger partial charge in [0.05, 0.1) is 0 Å². The fraction of sp³-hybridized carbons (Fsp3) is 0.500. The molecular formula is C14H17BrN2O. The fourth-order valence-corrected chi connectivity index (χ4v) is 3.01. The van der Waals surface area contributed by atoms with Gasteiger partial charge in [-0.3, -0.25) is 0 Å². The van der Waals surface area contributed by atoms with Gasteiger partial charge in [-0.25, -0.2) is 0 Å². The SMILES string of the molecule is BrCCCC1CCCN1c1nc2ccccc2o1. The van der Waals surface area contributed by atoms with Crippen molar-refractivity contribution in [2.75, 3.05) is 16.8 Å². The molecule has 3 rings (SSSR count). The molecule has 2 heterocycles. The van der Waals surface area contributed by atoms with E-state index in [0.717, 1.165) is 29.0 Å². The number of benzene rings is 1. The molecule has 96 valence electrons. The van der Waals surface area contributed by atoms with Crippen LogP contribution in [0.15, 0.2) is 28.7 Å². The molecule has 1 aliphatic rings. The topological polar surface area (TPSA) is 29.3 Å². The van der Waals surface area contributed by atoms with Gasteiger partial charge in [0.15, 0.2) is 5.58 Å². The molecule has 2 aromatic rings. The Labute approximate surface area is 115 Å². The van der Waals surface area contributed by atoms with Gasteiger partial charge < -0.3 is 9.32 Å². The van der Waals surface area contributed by atoms with Crippen LogP contribution in [0.3, 0.4) is 0 Å². The highest BCUT2D eigenvalue weighted by molar-refractivity contribution is 9.09. The standard InChI is InChI=1S/C14H17BrN2O/c15-9-3-5-11-6-4-10-17(11)14-16-12-7-1-2-8-13(12)18-14/h1-2,7-8,11H,3-6,9-10H2. The van der Waals surface area contributed by atoms with Crippen LogP contribution < -0.4 is 4.90 Å². The van der Waals surface area contributed by atoms with Crippen LogP contribution in [0.5, 0.6) is 0 Å². The van der Waals surface area contributed by atoms with E-state index in [2.05, 4.69) is 25.8 Å². The molecule has 0 amide bonds. The first-order valence-corrected chi connectivity index (χ1v) is 7.69. The molecule has 0 saturated carbocycles. The maximum absolute atomic E-state index is 5.87. The fourth-order valence-electron chi connectivity index (χ4n) is 2.68. The zero-order valence-corrected chi connectivity index (χ0v) is 11.9. The minimum Gasteiger partial charge on any atom is -0.423 e. The second kappa shape index (κ2) is 5.31. The Morgan fingerprint density at radius 1 is 1.39 bits per heavy atom. The van der Waals surface area contributed by atoms with Gasteiger partial charge in [0, 0.05) is 17.9 Å². The molecular weight excluding hydrogens is 292 g/mol. The van der Waals surface area contributed by atoms with Crippen molar-refractivity contribution in [2.24, 2.45) is 0 Å². The van der Waals surface area contributed by atoms with Gasteiger partial charge in [-0.1, -0.05) is 28.1 Å². The Morgan fingerprint density at radius 2 is 2.28 bits per heavy atom. The maximum atomic E-state index is 5.87. The second-order valence-corrected chi connectivity index (χ2v) is 5.58. The van der Waals surface area contributed by atoms with Gasteiger partial charge >= 0.3 is 0 Å². The van der Waals surface area contributed by atoms with Gasteiger partial charge in [-0.2, -0.15) is 4.98 Å². The lowest BCUT2D eigenvalue weighted by Crippen LogP contribution is -2.29. The van der Waals surface area contributed by atoms with Gasteiger partial charge in [-0.15, -0.1) is 0 Å². The third-order valence-electron chi connectivity index (χ3n) is 3.58. The van der Waals surface area contributed by atoms with Crippen molar-refractivity contribution in [3.8, 4) is 0 Å². The molecule has 18 heavy (non-hydrogen) atoms. The predicted octanol–water partition coefficient (Wildman–Crippen LogP) is 3.97. The number of hydrogen-bond acceptors (Lipinski definition) is 3. The van der Waals surface area contributed by atoms with Crippen LogP contribution in [0.1, 0.15) is 25.7 Å². The van der Waals surface area contributed by atoms with E-state index in [0.29, 0.717) is 6.04 Å². The monoisotopic (exact) mass is 308 g/mol. The molecule has 0 aliphatic carbocycles. The summed E-state index contributed by atoms with van der Waals surface area (Å²) in [6.45, 7) is 1.07. The molecule has 1 fully saturated rings. The Kier molecular flexibility index (Phi) is 3.55. The lowest BCUT2D eigenvalue weighted by Gasteiger charge is -2.22. The predicted molar refractivity (Wildman–Crippen MR) is 77.4 cm³/mol. The van der Waals surface area contributed by atoms with E-state index < -0.39 is 0 Å². The number of nitrogens with zero attached hydrogens (tertiary/aromatic N) is 2. The maximum Gasteiger partial charge on any atom is 0.298 e. The minimum atomic E-state index is 0.593. The van der Waals surface area contributed by atoms with Crippen molar-refractivity contribution < 1.29 is 4.42 Å². The van der Waals surface area contributed by atoms with Crippen molar-refractivity contribution >= 4 is 33.0 Å². The number of alkyl halides is 1. The molecule has 0 bridgehead atoms. The number of oxazole rings is 1. The minimum absolute atomic E-state index is 0.593. The zero-order valence-electron chi connectivity index (χ0n) is 10.3. The Hall–Kier alpha value is -1.03. The lowest BCUT2D eigenvalue weighted by atomic mass is 10.1. The molecule has 1 aromatic carbocycles. The number of aromatic nitrogens is 1. The largest absolute Gasteiger partial charge is 0.423 e. The van der Waals surface area contributed by atoms with Crippen molar-refractivity contribution in [3.05, 3.63) is 24.3 Å². The number of para-hydroxylation sites is 2. The summed E-state index contributed by atoms with van der Waals surface area (Å²) in [4.78, 5) is 6.94. The molecule has 1 aromatic heterocycles. The highest BCUT2D eigenvalue weighted by Gasteiger charge is 2.27. The third-order valence-corrected chi connectivity index (χ3v) is 4.14. The van der Waals surface area contributed by atoms with Crippen LogP contribution in [0.2, 0.25) is 0 Å². The summed E-state index contributed by atoms with van der Waals surface area (Å²) in [5.41, 5.74) is 1.84. The first-order chi connectivity index (χ1) is 8.88. The van der Waals surface area contributed by atoms with Crippen molar-refractivity contribution in [1.82, 2.24) is 4.98 Å². The van der Waals surface area contributed by atoms with Crippen molar-refractivity contribution in [2.45, 2.75) is 31.7 Å². The zero-order chi connectivity index (χ0) is 12.4. The molecule has 0 N–H and O–H groups in total. The summed E-state index contributed by atoms with van der Waals surface area (Å²) >= 11 is 3.50. The summed E-state index contributed by atoms with van der Waals surface area (Å²) in [6, 6.07) is 9.37. The second-order valence-electron chi connectivity index (χ2n) is 4.78. The van der Waals surface area contributed by atoms with Crippen molar-refractivity contribution in [3.63, 3.8) is 0 Å². The lowest BCUT2D eigenvalue weighted by molar-refractivity contribution is 0.528. The van der Waals surface area contributed by atoms with Crippen LogP contribution >= 0.6 is 15.9 Å². The van der Waals surface area contributed by atoms with E-state index in [1.54, 1.807) is 0 Å². The number of hydrogen-bond donors (Lipinski definition) is 0. The van der Waals surface area contributed by atoms with Gasteiger partial charge in [-0.05, 0) is 37.8 Å². The summed E-state index contributed by atoms with van der Waals surface area (Å²) in [5, 5.41) is 1.07. The Morgan fingerprint density at radius 3 is 3.11 bits per heavy atom. The molecule has 1 aliphatic heterocycles. The van der Waals surface area contributed by atoms with Crippen molar-refractivity contribution in [1.29, 1.82) is 0 Å². The quantitative estimate of drug-likeness (QED) is 0.800. The molecule has 1 saturated heterocycles. The average Bonchev–Trinajstić information content (AvgIpc) is 3.01. The first-order valence-electron chi connectivity index (χ1n) is 6.56. The number of anilines is 1. The van der Waals surface area contributed by atoms with E-state index in [1.165, 1.54) is 25.7 Å². The van der Waals surface area contributed by atoms with Crippen LogP contribution in [0, 0.1) is 0 Å². The van der Waals surface area contributed by atoms with Gasteiger partial charge in [0.2, 0.25) is 0 Å². The third kappa shape index (κ3) is 2.26. The average molecular weight is 309 g/mol. The van der Waals surface area contributed by atoms with Gasteiger partial charge in [0.25, 0.3) is 6.01 Å². The summed E-state index contributed by atoms with van der Waals surface area (Å²) in [7, 11) is 0. The molecule has 1 unspecified atom stereocenters. The van der Waals surface area contributed by atoms with E-state index in [-0.39, 0.29) is 0 Å². The molecule has 3 nitrogen and oxygen atoms in total. The van der Waals surface area contributed by atoms with E-state index >= 15 is 0 Å². The highest BCUT2D eigenvalue weighted by Crippen LogP contribution is 2.30. The highest BCUT2D eigenvalue weighted by atomic mass is 79.9. The summed E-state index contributed by atoms with van der Waals surface area (Å²) < 4.78 is 5.87.